The van der Waals surface area contributed by atoms with E-state index in [-0.39, 0.29) is 17.2 Å². The highest BCUT2D eigenvalue weighted by Gasteiger charge is 2.17. The number of para-hydroxylation sites is 1. The molecule has 0 fully saturated rings. The van der Waals surface area contributed by atoms with Gasteiger partial charge in [0, 0.05) is 16.6 Å². The fraction of sp³-hybridized carbons (Fsp3) is 0.174. The van der Waals surface area contributed by atoms with Crippen LogP contribution in [0.5, 0.6) is 5.75 Å². The van der Waals surface area contributed by atoms with Crippen molar-refractivity contribution in [2.45, 2.75) is 18.5 Å². The summed E-state index contributed by atoms with van der Waals surface area (Å²) in [6.45, 7) is 2.05. The molecule has 0 bridgehead atoms. The Bertz CT molecular complexity index is 1280. The Morgan fingerprint density at radius 1 is 1.16 bits per heavy atom. The molecule has 31 heavy (non-hydrogen) atoms. The van der Waals surface area contributed by atoms with Crippen LogP contribution >= 0.6 is 23.1 Å². The lowest BCUT2D eigenvalue weighted by Crippen LogP contribution is -2.22. The number of anilines is 1. The third kappa shape index (κ3) is 4.65. The van der Waals surface area contributed by atoms with Crippen LogP contribution in [-0.2, 0) is 11.2 Å². The van der Waals surface area contributed by atoms with Crippen molar-refractivity contribution in [1.29, 1.82) is 0 Å². The molecule has 1 N–H and O–H groups in total. The standard InChI is InChI=1S/C23H21N3O3S2/c1-3-18-13-19-21(31-18)25-23(26(22(19)28)16-9-5-4-6-10-16)30-14-20(27)24-15-8-7-11-17(12-15)29-2/h4-13H,3,14H2,1-2H3,(H,24,27). The SMILES string of the molecule is CCc1cc2c(=O)n(-c3ccccc3)c(SCC(=O)Nc3cccc(OC)c3)nc2s1. The first-order valence-corrected chi connectivity index (χ1v) is 11.6. The van der Waals surface area contributed by atoms with Gasteiger partial charge in [-0.15, -0.1) is 11.3 Å². The number of aromatic nitrogens is 2. The summed E-state index contributed by atoms with van der Waals surface area (Å²) < 4.78 is 6.77. The number of nitrogens with one attached hydrogen (secondary N) is 1. The minimum Gasteiger partial charge on any atom is -0.497 e. The number of thiophene rings is 1. The fourth-order valence-electron chi connectivity index (χ4n) is 3.12. The second-order valence-electron chi connectivity index (χ2n) is 6.72. The van der Waals surface area contributed by atoms with Gasteiger partial charge in [0.15, 0.2) is 5.16 Å². The van der Waals surface area contributed by atoms with Crippen molar-refractivity contribution in [3.8, 4) is 11.4 Å². The summed E-state index contributed by atoms with van der Waals surface area (Å²) in [5.41, 5.74) is 1.25. The van der Waals surface area contributed by atoms with Crippen molar-refractivity contribution in [3.05, 3.63) is 75.9 Å². The van der Waals surface area contributed by atoms with E-state index >= 15 is 0 Å². The van der Waals surface area contributed by atoms with E-state index in [9.17, 15) is 9.59 Å². The molecular formula is C23H21N3O3S2. The summed E-state index contributed by atoms with van der Waals surface area (Å²) in [6, 6.07) is 18.5. The zero-order valence-electron chi connectivity index (χ0n) is 17.1. The zero-order chi connectivity index (χ0) is 21.8. The second-order valence-corrected chi connectivity index (χ2v) is 8.78. The molecule has 0 radical (unpaired) electrons. The number of amides is 1. The molecule has 2 aromatic heterocycles. The van der Waals surface area contributed by atoms with E-state index in [1.165, 1.54) is 23.1 Å². The molecule has 0 saturated carbocycles. The molecule has 0 spiro atoms. The molecule has 158 valence electrons. The molecule has 0 atom stereocenters. The highest BCUT2D eigenvalue weighted by atomic mass is 32.2. The average molecular weight is 452 g/mol. The van der Waals surface area contributed by atoms with Crippen LogP contribution in [-0.4, -0.2) is 28.3 Å². The number of fused-ring (bicyclic) bond motifs is 1. The van der Waals surface area contributed by atoms with Crippen molar-refractivity contribution in [2.24, 2.45) is 0 Å². The Morgan fingerprint density at radius 2 is 1.97 bits per heavy atom. The maximum absolute atomic E-state index is 13.3. The number of aryl methyl sites for hydroxylation is 1. The number of carbonyl (C=O) groups is 1. The predicted molar refractivity (Wildman–Crippen MR) is 127 cm³/mol. The summed E-state index contributed by atoms with van der Waals surface area (Å²) >= 11 is 2.76. The predicted octanol–water partition coefficient (Wildman–Crippen LogP) is 4.75. The van der Waals surface area contributed by atoms with E-state index < -0.39 is 0 Å². The van der Waals surface area contributed by atoms with Crippen molar-refractivity contribution in [3.63, 3.8) is 0 Å². The van der Waals surface area contributed by atoms with Crippen LogP contribution in [0.4, 0.5) is 5.69 Å². The van der Waals surface area contributed by atoms with Gasteiger partial charge in [0.05, 0.1) is 23.9 Å². The molecule has 0 aliphatic carbocycles. The van der Waals surface area contributed by atoms with Crippen LogP contribution in [0.3, 0.4) is 0 Å². The molecular weight excluding hydrogens is 430 g/mol. The highest BCUT2D eigenvalue weighted by molar-refractivity contribution is 7.99. The van der Waals surface area contributed by atoms with Gasteiger partial charge in [-0.25, -0.2) is 4.98 Å². The van der Waals surface area contributed by atoms with Crippen molar-refractivity contribution < 1.29 is 9.53 Å². The number of ether oxygens (including phenoxy) is 1. The number of benzene rings is 2. The number of carbonyl (C=O) groups excluding carboxylic acids is 1. The van der Waals surface area contributed by atoms with Crippen LogP contribution in [0.2, 0.25) is 0 Å². The Balaban J connectivity index is 1.64. The van der Waals surface area contributed by atoms with Crippen LogP contribution in [0.1, 0.15) is 11.8 Å². The van der Waals surface area contributed by atoms with E-state index in [1.54, 1.807) is 23.8 Å². The number of nitrogens with zero attached hydrogens (tertiary/aromatic N) is 2. The van der Waals surface area contributed by atoms with E-state index in [0.717, 1.165) is 17.0 Å². The molecule has 8 heteroatoms. The lowest BCUT2D eigenvalue weighted by Gasteiger charge is -2.12. The molecule has 0 aliphatic rings. The number of rotatable bonds is 7. The summed E-state index contributed by atoms with van der Waals surface area (Å²) in [5.74, 6) is 0.598. The molecule has 4 rings (SSSR count). The summed E-state index contributed by atoms with van der Waals surface area (Å²) in [4.78, 5) is 32.4. The highest BCUT2D eigenvalue weighted by Crippen LogP contribution is 2.27. The van der Waals surface area contributed by atoms with Gasteiger partial charge < -0.3 is 10.1 Å². The Labute approximate surface area is 187 Å². The summed E-state index contributed by atoms with van der Waals surface area (Å²) in [5, 5.41) is 3.96. The van der Waals surface area contributed by atoms with E-state index in [0.29, 0.717) is 26.8 Å². The van der Waals surface area contributed by atoms with Gasteiger partial charge in [-0.3, -0.25) is 14.2 Å². The van der Waals surface area contributed by atoms with Crippen molar-refractivity contribution in [1.82, 2.24) is 9.55 Å². The average Bonchev–Trinajstić information content (AvgIpc) is 3.22. The van der Waals surface area contributed by atoms with Gasteiger partial charge in [0.1, 0.15) is 10.6 Å². The fourth-order valence-corrected chi connectivity index (χ4v) is 4.94. The monoisotopic (exact) mass is 451 g/mol. The molecule has 4 aromatic rings. The first-order valence-electron chi connectivity index (χ1n) is 9.76. The van der Waals surface area contributed by atoms with Crippen molar-refractivity contribution >= 4 is 44.9 Å². The van der Waals surface area contributed by atoms with Crippen LogP contribution in [0.15, 0.2) is 70.6 Å². The smallest absolute Gasteiger partial charge is 0.267 e. The number of methoxy groups -OCH3 is 1. The molecule has 1 amide bonds. The second kappa shape index (κ2) is 9.36. The number of hydrogen-bond acceptors (Lipinski definition) is 6. The Hall–Kier alpha value is -3.10. The van der Waals surface area contributed by atoms with Gasteiger partial charge in [-0.2, -0.15) is 0 Å². The molecule has 2 heterocycles. The maximum atomic E-state index is 13.3. The zero-order valence-corrected chi connectivity index (χ0v) is 18.8. The minimum absolute atomic E-state index is 0.119. The summed E-state index contributed by atoms with van der Waals surface area (Å²) in [6.07, 6.45) is 0.844. The van der Waals surface area contributed by atoms with Crippen LogP contribution in [0, 0.1) is 0 Å². The topological polar surface area (TPSA) is 73.2 Å². The van der Waals surface area contributed by atoms with Gasteiger partial charge in [-0.1, -0.05) is 43.0 Å². The maximum Gasteiger partial charge on any atom is 0.267 e. The molecule has 0 unspecified atom stereocenters. The molecule has 6 nitrogen and oxygen atoms in total. The Kier molecular flexibility index (Phi) is 6.39. The van der Waals surface area contributed by atoms with E-state index in [1.807, 2.05) is 48.5 Å². The van der Waals surface area contributed by atoms with Crippen LogP contribution < -0.4 is 15.6 Å². The van der Waals surface area contributed by atoms with Gasteiger partial charge in [0.25, 0.3) is 5.56 Å². The lowest BCUT2D eigenvalue weighted by molar-refractivity contribution is -0.113. The first-order chi connectivity index (χ1) is 15.1. The van der Waals surface area contributed by atoms with Gasteiger partial charge >= 0.3 is 0 Å². The number of thioether (sulfide) groups is 1. The van der Waals surface area contributed by atoms with Gasteiger partial charge in [0.2, 0.25) is 5.91 Å². The third-order valence-electron chi connectivity index (χ3n) is 4.63. The van der Waals surface area contributed by atoms with Gasteiger partial charge in [-0.05, 0) is 36.8 Å². The first kappa shape index (κ1) is 21.1. The normalized spacial score (nSPS) is 10.9. The summed E-state index contributed by atoms with van der Waals surface area (Å²) in [7, 11) is 1.58. The lowest BCUT2D eigenvalue weighted by atomic mass is 10.3. The largest absolute Gasteiger partial charge is 0.497 e. The molecule has 0 aliphatic heterocycles. The van der Waals surface area contributed by atoms with Crippen LogP contribution in [0.25, 0.3) is 15.9 Å². The Morgan fingerprint density at radius 3 is 2.71 bits per heavy atom. The van der Waals surface area contributed by atoms with E-state index in [2.05, 4.69) is 12.2 Å². The quantitative estimate of drug-likeness (QED) is 0.324. The third-order valence-corrected chi connectivity index (χ3v) is 6.75. The minimum atomic E-state index is -0.187. The molecule has 2 aromatic carbocycles. The van der Waals surface area contributed by atoms with E-state index in [4.69, 9.17) is 9.72 Å². The van der Waals surface area contributed by atoms with Crippen molar-refractivity contribution in [2.75, 3.05) is 18.2 Å². The number of hydrogen-bond donors (Lipinski definition) is 1. The molecule has 0 saturated heterocycles.